The third kappa shape index (κ3) is 5.22. The quantitative estimate of drug-likeness (QED) is 0.271. The van der Waals surface area contributed by atoms with Gasteiger partial charge in [-0.3, -0.25) is 4.79 Å². The number of carboxylic acids is 1. The van der Waals surface area contributed by atoms with Gasteiger partial charge in [0.15, 0.2) is 5.78 Å². The third-order valence-corrected chi connectivity index (χ3v) is 5.78. The second-order valence-electron chi connectivity index (χ2n) is 7.50. The van der Waals surface area contributed by atoms with Crippen molar-refractivity contribution in [1.29, 1.82) is 0 Å². The number of hydrogen-bond acceptors (Lipinski definition) is 4. The molecule has 7 heteroatoms. The van der Waals surface area contributed by atoms with E-state index in [0.717, 1.165) is 11.4 Å². The van der Waals surface area contributed by atoms with Crippen LogP contribution in [0.4, 0.5) is 11.4 Å². The molecule has 5 nitrogen and oxygen atoms in total. The van der Waals surface area contributed by atoms with Gasteiger partial charge >= 0.3 is 5.97 Å². The molecule has 0 unspecified atom stereocenters. The zero-order valence-electron chi connectivity index (χ0n) is 18.0. The number of ether oxygens (including phenoxy) is 1. The predicted molar refractivity (Wildman–Crippen MR) is 134 cm³/mol. The standard InChI is InChI=1S/C27H19Cl2NO4/c1-30(22-12-8-20(28)9-13-22)21-10-6-17(7-11-21)26(31)18-14-19(27(32)33)16-23(15-18)34-25-5-3-2-4-24(25)29/h2-16H,1H3,(H,32,33). The van der Waals surface area contributed by atoms with Gasteiger partial charge in [-0.15, -0.1) is 0 Å². The van der Waals surface area contributed by atoms with E-state index >= 15 is 0 Å². The molecule has 0 amide bonds. The van der Waals surface area contributed by atoms with Crippen LogP contribution in [0.3, 0.4) is 0 Å². The van der Waals surface area contributed by atoms with Gasteiger partial charge in [-0.1, -0.05) is 35.3 Å². The average Bonchev–Trinajstić information content (AvgIpc) is 2.85. The number of para-hydroxylation sites is 1. The number of halogens is 2. The molecule has 4 aromatic carbocycles. The van der Waals surface area contributed by atoms with Gasteiger partial charge in [-0.05, 0) is 78.9 Å². The number of carbonyl (C=O) groups is 2. The number of hydrogen-bond donors (Lipinski definition) is 1. The molecule has 1 N–H and O–H groups in total. The molecule has 0 aliphatic heterocycles. The number of rotatable bonds is 7. The van der Waals surface area contributed by atoms with Crippen molar-refractivity contribution in [2.45, 2.75) is 0 Å². The Kier molecular flexibility index (Phi) is 6.87. The fourth-order valence-electron chi connectivity index (χ4n) is 3.38. The molecule has 0 heterocycles. The molecule has 0 radical (unpaired) electrons. The van der Waals surface area contributed by atoms with Crippen molar-refractivity contribution in [3.8, 4) is 11.5 Å². The van der Waals surface area contributed by atoms with Gasteiger partial charge in [0, 0.05) is 34.6 Å². The first-order valence-electron chi connectivity index (χ1n) is 10.3. The maximum absolute atomic E-state index is 13.2. The lowest BCUT2D eigenvalue weighted by Crippen LogP contribution is -2.10. The van der Waals surface area contributed by atoms with E-state index in [4.69, 9.17) is 27.9 Å². The van der Waals surface area contributed by atoms with Crippen LogP contribution in [0.25, 0.3) is 0 Å². The summed E-state index contributed by atoms with van der Waals surface area (Å²) in [4.78, 5) is 26.8. The summed E-state index contributed by atoms with van der Waals surface area (Å²) in [6.45, 7) is 0. The Morgan fingerprint density at radius 2 is 1.35 bits per heavy atom. The van der Waals surface area contributed by atoms with Gasteiger partial charge in [0.1, 0.15) is 11.5 Å². The highest BCUT2D eigenvalue weighted by atomic mass is 35.5. The van der Waals surface area contributed by atoms with Crippen LogP contribution in [-0.2, 0) is 0 Å². The molecule has 4 rings (SSSR count). The summed E-state index contributed by atoms with van der Waals surface area (Å²) < 4.78 is 5.77. The summed E-state index contributed by atoms with van der Waals surface area (Å²) in [5.74, 6) is -0.929. The van der Waals surface area contributed by atoms with E-state index in [2.05, 4.69) is 0 Å². The number of carboxylic acid groups (broad SMARTS) is 1. The lowest BCUT2D eigenvalue weighted by atomic mass is 10.0. The first kappa shape index (κ1) is 23.4. The highest BCUT2D eigenvalue weighted by molar-refractivity contribution is 6.32. The number of carbonyl (C=O) groups excluding carboxylic acids is 1. The molecular weight excluding hydrogens is 473 g/mol. The lowest BCUT2D eigenvalue weighted by Gasteiger charge is -2.19. The predicted octanol–water partition coefficient (Wildman–Crippen LogP) is 7.48. The summed E-state index contributed by atoms with van der Waals surface area (Å²) in [5, 5.41) is 10.5. The normalized spacial score (nSPS) is 10.6. The highest BCUT2D eigenvalue weighted by Crippen LogP contribution is 2.31. The van der Waals surface area contributed by atoms with E-state index < -0.39 is 5.97 Å². The van der Waals surface area contributed by atoms with Gasteiger partial charge in [-0.25, -0.2) is 4.79 Å². The molecule has 4 aromatic rings. The SMILES string of the molecule is CN(c1ccc(Cl)cc1)c1ccc(C(=O)c2cc(Oc3ccccc3Cl)cc(C(=O)O)c2)cc1. The maximum Gasteiger partial charge on any atom is 0.335 e. The molecule has 0 atom stereocenters. The van der Waals surface area contributed by atoms with Crippen molar-refractivity contribution < 1.29 is 19.4 Å². The van der Waals surface area contributed by atoms with E-state index in [1.165, 1.54) is 18.2 Å². The fraction of sp³-hybridized carbons (Fsp3) is 0.0370. The summed E-state index contributed by atoms with van der Waals surface area (Å²) in [6.07, 6.45) is 0. The summed E-state index contributed by atoms with van der Waals surface area (Å²) >= 11 is 12.1. The number of ketones is 1. The summed E-state index contributed by atoms with van der Waals surface area (Å²) in [7, 11) is 1.91. The van der Waals surface area contributed by atoms with E-state index in [9.17, 15) is 14.7 Å². The molecule has 0 spiro atoms. The van der Waals surface area contributed by atoms with Gasteiger partial charge in [-0.2, -0.15) is 0 Å². The molecule has 0 aliphatic carbocycles. The van der Waals surface area contributed by atoms with Crippen molar-refractivity contribution in [1.82, 2.24) is 0 Å². The Morgan fingerprint density at radius 3 is 1.97 bits per heavy atom. The van der Waals surface area contributed by atoms with Crippen LogP contribution in [0.1, 0.15) is 26.3 Å². The van der Waals surface area contributed by atoms with Crippen LogP contribution < -0.4 is 9.64 Å². The molecule has 0 bridgehead atoms. The Bertz CT molecular complexity index is 1350. The van der Waals surface area contributed by atoms with Crippen molar-refractivity contribution in [3.05, 3.63) is 118 Å². The van der Waals surface area contributed by atoms with Crippen LogP contribution in [0.2, 0.25) is 10.0 Å². The molecule has 0 aromatic heterocycles. The van der Waals surface area contributed by atoms with Crippen LogP contribution in [0.15, 0.2) is 91.0 Å². The second-order valence-corrected chi connectivity index (χ2v) is 8.34. The maximum atomic E-state index is 13.2. The molecular formula is C27H19Cl2NO4. The summed E-state index contributed by atoms with van der Waals surface area (Å²) in [6, 6.07) is 25.5. The number of benzene rings is 4. The molecule has 34 heavy (non-hydrogen) atoms. The van der Waals surface area contributed by atoms with E-state index in [1.54, 1.807) is 36.4 Å². The second kappa shape index (κ2) is 10.00. The lowest BCUT2D eigenvalue weighted by molar-refractivity contribution is 0.0696. The van der Waals surface area contributed by atoms with Gasteiger partial charge < -0.3 is 14.7 Å². The van der Waals surface area contributed by atoms with Crippen LogP contribution in [0, 0.1) is 0 Å². The van der Waals surface area contributed by atoms with Gasteiger partial charge in [0.25, 0.3) is 0 Å². The van der Waals surface area contributed by atoms with E-state index in [0.29, 0.717) is 21.4 Å². The smallest absolute Gasteiger partial charge is 0.335 e. The van der Waals surface area contributed by atoms with Crippen LogP contribution in [-0.4, -0.2) is 23.9 Å². The average molecular weight is 492 g/mol. The van der Waals surface area contributed by atoms with Crippen LogP contribution >= 0.6 is 23.2 Å². The van der Waals surface area contributed by atoms with Crippen molar-refractivity contribution in [2.24, 2.45) is 0 Å². The monoisotopic (exact) mass is 491 g/mol. The minimum Gasteiger partial charge on any atom is -0.478 e. The van der Waals surface area contributed by atoms with Crippen LogP contribution in [0.5, 0.6) is 11.5 Å². The topological polar surface area (TPSA) is 66.8 Å². The number of nitrogens with zero attached hydrogens (tertiary/aromatic N) is 1. The minimum atomic E-state index is -1.17. The largest absolute Gasteiger partial charge is 0.478 e. The Balaban J connectivity index is 1.61. The Morgan fingerprint density at radius 1 is 0.765 bits per heavy atom. The zero-order valence-corrected chi connectivity index (χ0v) is 19.5. The van der Waals surface area contributed by atoms with Gasteiger partial charge in [0.2, 0.25) is 0 Å². The Hall–Kier alpha value is -3.80. The molecule has 0 saturated heterocycles. The summed E-state index contributed by atoms with van der Waals surface area (Å²) in [5.41, 5.74) is 2.37. The first-order chi connectivity index (χ1) is 16.3. The fourth-order valence-corrected chi connectivity index (χ4v) is 3.68. The highest BCUT2D eigenvalue weighted by Gasteiger charge is 2.16. The van der Waals surface area contributed by atoms with E-state index in [-0.39, 0.29) is 22.7 Å². The zero-order chi connectivity index (χ0) is 24.2. The first-order valence-corrected chi connectivity index (χ1v) is 11.0. The van der Waals surface area contributed by atoms with E-state index in [1.807, 2.05) is 48.3 Å². The number of aromatic carboxylic acids is 1. The molecule has 0 fully saturated rings. The third-order valence-electron chi connectivity index (χ3n) is 5.21. The van der Waals surface area contributed by atoms with Crippen molar-refractivity contribution >= 4 is 46.3 Å². The minimum absolute atomic E-state index is 0.0630. The molecule has 0 saturated carbocycles. The number of anilines is 2. The Labute approximate surface area is 206 Å². The van der Waals surface area contributed by atoms with Gasteiger partial charge in [0.05, 0.1) is 10.6 Å². The molecule has 170 valence electrons. The molecule has 0 aliphatic rings. The van der Waals surface area contributed by atoms with Crippen molar-refractivity contribution in [2.75, 3.05) is 11.9 Å². The van der Waals surface area contributed by atoms with Crippen molar-refractivity contribution in [3.63, 3.8) is 0 Å².